The molecule has 5 nitrogen and oxygen atoms in total. The van der Waals surface area contributed by atoms with Crippen molar-refractivity contribution in [3.63, 3.8) is 0 Å². The van der Waals surface area contributed by atoms with Crippen molar-refractivity contribution in [2.24, 2.45) is 0 Å². The molecule has 0 saturated carbocycles. The van der Waals surface area contributed by atoms with E-state index in [0.29, 0.717) is 4.52 Å². The van der Waals surface area contributed by atoms with Crippen LogP contribution in [-0.4, -0.2) is 33.7 Å². The first-order valence-corrected chi connectivity index (χ1v) is 5.72. The number of rotatable bonds is 1. The first kappa shape index (κ1) is 13.7. The summed E-state index contributed by atoms with van der Waals surface area (Å²) >= 11 is 0. The predicted octanol–water partition coefficient (Wildman–Crippen LogP) is 1.80. The van der Waals surface area contributed by atoms with Gasteiger partial charge in [0, 0.05) is 6.54 Å². The van der Waals surface area contributed by atoms with E-state index in [4.69, 9.17) is 0 Å². The number of amides is 1. The van der Waals surface area contributed by atoms with E-state index in [9.17, 15) is 26.7 Å². The molecule has 0 aliphatic carbocycles. The largest absolute Gasteiger partial charge is 0.401 e. The zero-order valence-electron chi connectivity index (χ0n) is 10.4. The molecule has 0 radical (unpaired) electrons. The predicted molar refractivity (Wildman–Crippen MR) is 59.7 cm³/mol. The molecule has 1 aliphatic heterocycles. The van der Waals surface area contributed by atoms with Gasteiger partial charge in [0.05, 0.1) is 17.6 Å². The van der Waals surface area contributed by atoms with Crippen LogP contribution in [0.1, 0.15) is 12.6 Å². The molecule has 0 N–H and O–H groups in total. The van der Waals surface area contributed by atoms with Gasteiger partial charge < -0.3 is 4.90 Å². The van der Waals surface area contributed by atoms with Crippen LogP contribution in [0.15, 0.2) is 6.20 Å². The molecular formula is C11H7F5N4O. The van der Waals surface area contributed by atoms with Crippen molar-refractivity contribution in [3.05, 3.63) is 23.7 Å². The first-order valence-electron chi connectivity index (χ1n) is 5.72. The van der Waals surface area contributed by atoms with E-state index in [2.05, 4.69) is 10.1 Å². The van der Waals surface area contributed by atoms with Crippen molar-refractivity contribution in [2.45, 2.75) is 18.5 Å². The summed E-state index contributed by atoms with van der Waals surface area (Å²) in [4.78, 5) is 15.3. The van der Waals surface area contributed by atoms with Crippen LogP contribution in [0.2, 0.25) is 0 Å². The zero-order chi connectivity index (χ0) is 15.6. The van der Waals surface area contributed by atoms with Crippen LogP contribution in [0.3, 0.4) is 0 Å². The average molecular weight is 306 g/mol. The summed E-state index contributed by atoms with van der Waals surface area (Å²) in [6.45, 7) is 0.130. The number of carbonyl (C=O) groups excluding carboxylic acids is 1. The number of carbonyl (C=O) groups is 1. The first-order chi connectivity index (χ1) is 9.70. The number of aromatic nitrogens is 3. The number of anilines is 1. The molecule has 0 fully saturated rings. The van der Waals surface area contributed by atoms with Crippen LogP contribution in [0, 0.1) is 11.8 Å². The van der Waals surface area contributed by atoms with Crippen molar-refractivity contribution < 1.29 is 26.7 Å². The Bertz CT molecular complexity index is 755. The molecule has 0 aromatic carbocycles. The van der Waals surface area contributed by atoms with Gasteiger partial charge in [-0.1, -0.05) is 0 Å². The number of hydrogen-bond donors (Lipinski definition) is 0. The molecule has 21 heavy (non-hydrogen) atoms. The third-order valence-corrected chi connectivity index (χ3v) is 3.60. The van der Waals surface area contributed by atoms with Gasteiger partial charge in [-0.15, -0.1) is 5.10 Å². The van der Waals surface area contributed by atoms with Gasteiger partial charge in [-0.05, 0) is 6.92 Å². The fourth-order valence-electron chi connectivity index (χ4n) is 2.47. The maximum Gasteiger partial charge on any atom is 0.401 e. The second-order valence-electron chi connectivity index (χ2n) is 4.90. The van der Waals surface area contributed by atoms with E-state index < -0.39 is 41.2 Å². The SMILES string of the molecule is CC1(C(F)(F)F)CN(C=O)c2cnc3c(F)c(F)nn3c21. The minimum absolute atomic E-state index is 0.181. The lowest BCUT2D eigenvalue weighted by atomic mass is 9.88. The molecule has 0 saturated heterocycles. The molecule has 112 valence electrons. The molecule has 3 rings (SSSR count). The van der Waals surface area contributed by atoms with Gasteiger partial charge in [0.25, 0.3) is 5.95 Å². The summed E-state index contributed by atoms with van der Waals surface area (Å²) in [5.41, 5.74) is -3.86. The molecular weight excluding hydrogens is 299 g/mol. The van der Waals surface area contributed by atoms with E-state index in [1.807, 2.05) is 0 Å². The van der Waals surface area contributed by atoms with Crippen LogP contribution < -0.4 is 4.90 Å². The average Bonchev–Trinajstić information content (AvgIpc) is 2.86. The lowest BCUT2D eigenvalue weighted by Gasteiger charge is -2.27. The second kappa shape index (κ2) is 3.89. The highest BCUT2D eigenvalue weighted by Crippen LogP contribution is 2.49. The summed E-state index contributed by atoms with van der Waals surface area (Å²) in [6.07, 6.45) is -3.63. The summed E-state index contributed by atoms with van der Waals surface area (Å²) in [5, 5.41) is 3.13. The van der Waals surface area contributed by atoms with Crippen LogP contribution in [0.25, 0.3) is 5.65 Å². The lowest BCUT2D eigenvalue weighted by molar-refractivity contribution is -0.181. The molecule has 1 aliphatic rings. The standard InChI is InChI=1S/C11H7F5N4O/c1-10(11(14,15)16)3-19(4-21)5-2-17-9-6(12)8(13)18-20(9)7(5)10/h2,4H,3H2,1H3. The molecule has 10 heteroatoms. The smallest absolute Gasteiger partial charge is 0.311 e. The van der Waals surface area contributed by atoms with Crippen LogP contribution >= 0.6 is 0 Å². The number of hydrogen-bond acceptors (Lipinski definition) is 3. The number of nitrogens with zero attached hydrogens (tertiary/aromatic N) is 4. The lowest BCUT2D eigenvalue weighted by Crippen LogP contribution is -2.44. The summed E-state index contributed by atoms with van der Waals surface area (Å²) in [5.74, 6) is -2.99. The monoisotopic (exact) mass is 306 g/mol. The van der Waals surface area contributed by atoms with E-state index in [0.717, 1.165) is 18.0 Å². The third-order valence-electron chi connectivity index (χ3n) is 3.60. The van der Waals surface area contributed by atoms with Gasteiger partial charge in [-0.25, -0.2) is 9.50 Å². The Kier molecular flexibility index (Phi) is 2.54. The molecule has 1 amide bonds. The van der Waals surface area contributed by atoms with Crippen molar-refractivity contribution in [2.75, 3.05) is 11.4 Å². The normalized spacial score (nSPS) is 21.9. The van der Waals surface area contributed by atoms with Crippen molar-refractivity contribution >= 4 is 17.7 Å². The Balaban J connectivity index is 2.42. The number of halogens is 5. The van der Waals surface area contributed by atoms with Crippen molar-refractivity contribution in [3.8, 4) is 0 Å². The van der Waals surface area contributed by atoms with Gasteiger partial charge in [0.2, 0.25) is 12.2 Å². The zero-order valence-corrected chi connectivity index (χ0v) is 10.4. The van der Waals surface area contributed by atoms with Gasteiger partial charge in [-0.3, -0.25) is 4.79 Å². The highest BCUT2D eigenvalue weighted by Gasteiger charge is 2.59. The van der Waals surface area contributed by atoms with Crippen LogP contribution in [-0.2, 0) is 10.2 Å². The second-order valence-corrected chi connectivity index (χ2v) is 4.90. The number of fused-ring (bicyclic) bond motifs is 3. The molecule has 1 atom stereocenters. The molecule has 2 aromatic heterocycles. The quantitative estimate of drug-likeness (QED) is 0.596. The Hall–Kier alpha value is -2.26. The summed E-state index contributed by atoms with van der Waals surface area (Å²) in [6, 6.07) is 0. The van der Waals surface area contributed by atoms with Crippen LogP contribution in [0.5, 0.6) is 0 Å². The van der Waals surface area contributed by atoms with Gasteiger partial charge in [0.15, 0.2) is 5.65 Å². The Morgan fingerprint density at radius 3 is 2.62 bits per heavy atom. The summed E-state index contributed by atoms with van der Waals surface area (Å²) in [7, 11) is 0. The molecule has 1 unspecified atom stereocenters. The topological polar surface area (TPSA) is 50.5 Å². The maximum atomic E-state index is 13.5. The van der Waals surface area contributed by atoms with Crippen LogP contribution in [0.4, 0.5) is 27.6 Å². The van der Waals surface area contributed by atoms with E-state index in [-0.39, 0.29) is 12.1 Å². The van der Waals surface area contributed by atoms with E-state index in [1.54, 1.807) is 0 Å². The Morgan fingerprint density at radius 2 is 2.05 bits per heavy atom. The van der Waals surface area contributed by atoms with Gasteiger partial charge >= 0.3 is 6.18 Å². The molecule has 0 spiro atoms. The van der Waals surface area contributed by atoms with E-state index >= 15 is 0 Å². The highest BCUT2D eigenvalue weighted by molar-refractivity contribution is 5.81. The molecule has 3 heterocycles. The summed E-state index contributed by atoms with van der Waals surface area (Å²) < 4.78 is 67.3. The third kappa shape index (κ3) is 1.58. The van der Waals surface area contributed by atoms with E-state index in [1.165, 1.54) is 0 Å². The van der Waals surface area contributed by atoms with Gasteiger partial charge in [0.1, 0.15) is 5.41 Å². The minimum atomic E-state index is -4.74. The van der Waals surface area contributed by atoms with Crippen molar-refractivity contribution in [1.29, 1.82) is 0 Å². The molecule has 2 aromatic rings. The van der Waals surface area contributed by atoms with Gasteiger partial charge in [-0.2, -0.15) is 22.0 Å². The fraction of sp³-hybridized carbons (Fsp3) is 0.364. The Labute approximate surface area is 114 Å². The maximum absolute atomic E-state index is 13.5. The number of alkyl halides is 3. The fourth-order valence-corrected chi connectivity index (χ4v) is 2.47. The minimum Gasteiger partial charge on any atom is -0.311 e. The molecule has 0 bridgehead atoms. The Morgan fingerprint density at radius 1 is 1.38 bits per heavy atom. The highest BCUT2D eigenvalue weighted by atomic mass is 19.4. The van der Waals surface area contributed by atoms with Crippen molar-refractivity contribution in [1.82, 2.24) is 14.6 Å².